The van der Waals surface area contributed by atoms with Crippen molar-refractivity contribution in [2.75, 3.05) is 13.1 Å². The average molecular weight is 287 g/mol. The van der Waals surface area contributed by atoms with Crippen molar-refractivity contribution in [3.8, 4) is 0 Å². The highest BCUT2D eigenvalue weighted by molar-refractivity contribution is 7.89. The first-order valence-electron chi connectivity index (χ1n) is 6.26. The van der Waals surface area contributed by atoms with E-state index in [4.69, 9.17) is 0 Å². The lowest BCUT2D eigenvalue weighted by atomic mass is 10.0. The maximum atomic E-state index is 13.8. The SMILES string of the molecule is Cc1ccc(S(=O)(=O)N2CCC(C(C)O)C2)c(F)c1. The fourth-order valence-corrected chi connectivity index (χ4v) is 3.88. The lowest BCUT2D eigenvalue weighted by Crippen LogP contribution is -2.31. The van der Waals surface area contributed by atoms with E-state index in [2.05, 4.69) is 0 Å². The van der Waals surface area contributed by atoms with Gasteiger partial charge in [0.25, 0.3) is 0 Å². The van der Waals surface area contributed by atoms with E-state index in [1.807, 2.05) is 0 Å². The Labute approximate surface area is 112 Å². The Hall–Kier alpha value is -0.980. The molecule has 0 amide bonds. The summed E-state index contributed by atoms with van der Waals surface area (Å²) in [7, 11) is -3.81. The predicted molar refractivity (Wildman–Crippen MR) is 69.7 cm³/mol. The second kappa shape index (κ2) is 5.19. The molecule has 19 heavy (non-hydrogen) atoms. The number of aryl methyl sites for hydroxylation is 1. The second-order valence-electron chi connectivity index (χ2n) is 5.09. The van der Waals surface area contributed by atoms with Crippen LogP contribution in [-0.4, -0.2) is 37.0 Å². The minimum Gasteiger partial charge on any atom is -0.393 e. The minimum absolute atomic E-state index is 0.0803. The van der Waals surface area contributed by atoms with Crippen molar-refractivity contribution in [2.45, 2.75) is 31.3 Å². The van der Waals surface area contributed by atoms with Gasteiger partial charge in [-0.1, -0.05) is 6.07 Å². The molecule has 1 aliphatic rings. The standard InChI is InChI=1S/C13H18FNO3S/c1-9-3-4-13(12(14)7-9)19(17,18)15-6-5-11(8-15)10(2)16/h3-4,7,10-11,16H,5-6,8H2,1-2H3. The van der Waals surface area contributed by atoms with Crippen molar-refractivity contribution in [1.29, 1.82) is 0 Å². The first kappa shape index (κ1) is 14.4. The van der Waals surface area contributed by atoms with Gasteiger partial charge in [-0.3, -0.25) is 0 Å². The molecule has 0 radical (unpaired) electrons. The highest BCUT2D eigenvalue weighted by Gasteiger charge is 2.35. The summed E-state index contributed by atoms with van der Waals surface area (Å²) in [6, 6.07) is 4.10. The molecule has 1 aliphatic heterocycles. The number of rotatable bonds is 3. The summed E-state index contributed by atoms with van der Waals surface area (Å²) in [5.74, 6) is -0.802. The van der Waals surface area contributed by atoms with E-state index in [-0.39, 0.29) is 17.4 Å². The third-order valence-corrected chi connectivity index (χ3v) is 5.47. The van der Waals surface area contributed by atoms with Gasteiger partial charge in [0, 0.05) is 13.1 Å². The molecule has 6 heteroatoms. The van der Waals surface area contributed by atoms with Crippen LogP contribution in [0.5, 0.6) is 0 Å². The summed E-state index contributed by atoms with van der Waals surface area (Å²) in [6.07, 6.45) is 0.0488. The lowest BCUT2D eigenvalue weighted by Gasteiger charge is -2.18. The third-order valence-electron chi connectivity index (χ3n) is 3.57. The van der Waals surface area contributed by atoms with Gasteiger partial charge in [-0.2, -0.15) is 4.31 Å². The van der Waals surface area contributed by atoms with Crippen molar-refractivity contribution in [3.05, 3.63) is 29.6 Å². The van der Waals surface area contributed by atoms with Gasteiger partial charge < -0.3 is 5.11 Å². The average Bonchev–Trinajstić information content (AvgIpc) is 2.78. The summed E-state index contributed by atoms with van der Waals surface area (Å²) in [4.78, 5) is -0.288. The normalized spacial score (nSPS) is 22.6. The van der Waals surface area contributed by atoms with Gasteiger partial charge in [-0.15, -0.1) is 0 Å². The number of benzene rings is 1. The van der Waals surface area contributed by atoms with E-state index < -0.39 is 21.9 Å². The molecule has 2 atom stereocenters. The molecule has 106 valence electrons. The Morgan fingerprint density at radius 1 is 1.47 bits per heavy atom. The maximum Gasteiger partial charge on any atom is 0.245 e. The molecular formula is C13H18FNO3S. The van der Waals surface area contributed by atoms with Gasteiger partial charge in [0.1, 0.15) is 10.7 Å². The molecule has 1 heterocycles. The summed E-state index contributed by atoms with van der Waals surface area (Å²) in [5.41, 5.74) is 0.680. The van der Waals surface area contributed by atoms with Crippen LogP contribution in [0.1, 0.15) is 18.9 Å². The molecule has 1 aromatic carbocycles. The Kier molecular flexibility index (Phi) is 3.94. The number of aliphatic hydroxyl groups is 1. The zero-order valence-corrected chi connectivity index (χ0v) is 11.8. The van der Waals surface area contributed by atoms with Crippen molar-refractivity contribution in [2.24, 2.45) is 5.92 Å². The van der Waals surface area contributed by atoms with Crippen LogP contribution in [0.4, 0.5) is 4.39 Å². The number of hydrogen-bond donors (Lipinski definition) is 1. The number of hydrogen-bond acceptors (Lipinski definition) is 3. The van der Waals surface area contributed by atoms with Crippen LogP contribution < -0.4 is 0 Å². The topological polar surface area (TPSA) is 57.6 Å². The molecule has 1 N–H and O–H groups in total. The predicted octanol–water partition coefficient (Wildman–Crippen LogP) is 1.53. The van der Waals surface area contributed by atoms with Gasteiger partial charge in [0.2, 0.25) is 10.0 Å². The first-order valence-corrected chi connectivity index (χ1v) is 7.70. The van der Waals surface area contributed by atoms with E-state index in [0.717, 1.165) is 0 Å². The monoisotopic (exact) mass is 287 g/mol. The van der Waals surface area contributed by atoms with Crippen LogP contribution in [0, 0.1) is 18.7 Å². The molecule has 0 aliphatic carbocycles. The van der Waals surface area contributed by atoms with Crippen molar-refractivity contribution < 1.29 is 17.9 Å². The van der Waals surface area contributed by atoms with E-state index in [0.29, 0.717) is 18.5 Å². The summed E-state index contributed by atoms with van der Waals surface area (Å²) >= 11 is 0. The highest BCUT2D eigenvalue weighted by atomic mass is 32.2. The molecule has 2 unspecified atom stereocenters. The van der Waals surface area contributed by atoms with Gasteiger partial charge in [0.05, 0.1) is 6.10 Å². The van der Waals surface area contributed by atoms with E-state index in [1.54, 1.807) is 19.9 Å². The molecule has 0 bridgehead atoms. The smallest absolute Gasteiger partial charge is 0.245 e. The highest BCUT2D eigenvalue weighted by Crippen LogP contribution is 2.27. The molecule has 2 rings (SSSR count). The Morgan fingerprint density at radius 2 is 2.16 bits per heavy atom. The second-order valence-corrected chi connectivity index (χ2v) is 6.99. The van der Waals surface area contributed by atoms with Crippen molar-refractivity contribution >= 4 is 10.0 Å². The van der Waals surface area contributed by atoms with Crippen molar-refractivity contribution in [3.63, 3.8) is 0 Å². The van der Waals surface area contributed by atoms with E-state index >= 15 is 0 Å². The number of nitrogens with zero attached hydrogens (tertiary/aromatic N) is 1. The molecule has 0 spiro atoms. The molecular weight excluding hydrogens is 269 g/mol. The molecule has 0 saturated carbocycles. The summed E-state index contributed by atoms with van der Waals surface area (Å²) < 4.78 is 39.7. The van der Waals surface area contributed by atoms with Crippen LogP contribution in [0.15, 0.2) is 23.1 Å². The largest absolute Gasteiger partial charge is 0.393 e. The van der Waals surface area contributed by atoms with Gasteiger partial charge in [-0.25, -0.2) is 12.8 Å². The summed E-state index contributed by atoms with van der Waals surface area (Å²) in [5, 5.41) is 9.50. The molecule has 1 fully saturated rings. The third kappa shape index (κ3) is 2.80. The molecule has 1 saturated heterocycles. The van der Waals surface area contributed by atoms with Crippen LogP contribution in [-0.2, 0) is 10.0 Å². The zero-order chi connectivity index (χ0) is 14.2. The van der Waals surface area contributed by atoms with E-state index in [9.17, 15) is 17.9 Å². The molecule has 1 aromatic rings. The van der Waals surface area contributed by atoms with Gasteiger partial charge in [0.15, 0.2) is 0 Å². The minimum atomic E-state index is -3.81. The quantitative estimate of drug-likeness (QED) is 0.917. The van der Waals surface area contributed by atoms with Gasteiger partial charge in [-0.05, 0) is 43.9 Å². The van der Waals surface area contributed by atoms with Crippen molar-refractivity contribution in [1.82, 2.24) is 4.31 Å². The summed E-state index contributed by atoms with van der Waals surface area (Å²) in [6.45, 7) is 3.92. The Balaban J connectivity index is 2.29. The molecule has 4 nitrogen and oxygen atoms in total. The molecule has 0 aromatic heterocycles. The zero-order valence-electron chi connectivity index (χ0n) is 11.0. The first-order chi connectivity index (χ1) is 8.82. The number of aliphatic hydroxyl groups excluding tert-OH is 1. The van der Waals surface area contributed by atoms with Crippen LogP contribution in [0.3, 0.4) is 0 Å². The Morgan fingerprint density at radius 3 is 2.68 bits per heavy atom. The van der Waals surface area contributed by atoms with E-state index in [1.165, 1.54) is 16.4 Å². The Bertz CT molecular complexity index is 571. The fourth-order valence-electron chi connectivity index (χ4n) is 2.32. The van der Waals surface area contributed by atoms with Crippen LogP contribution >= 0.6 is 0 Å². The van der Waals surface area contributed by atoms with Gasteiger partial charge >= 0.3 is 0 Å². The van der Waals surface area contributed by atoms with Crippen LogP contribution in [0.2, 0.25) is 0 Å². The van der Waals surface area contributed by atoms with Crippen LogP contribution in [0.25, 0.3) is 0 Å². The fraction of sp³-hybridized carbons (Fsp3) is 0.538. The maximum absolute atomic E-state index is 13.8. The lowest BCUT2D eigenvalue weighted by molar-refractivity contribution is 0.133. The number of sulfonamides is 1. The number of halogens is 1.